The molecule has 0 radical (unpaired) electrons. The molecule has 0 saturated carbocycles. The van der Waals surface area contributed by atoms with E-state index in [2.05, 4.69) is 15.9 Å². The van der Waals surface area contributed by atoms with Gasteiger partial charge in [0.25, 0.3) is 0 Å². The standard InChI is InChI=1S/C13H11BrFN/c14-11-6-10(7-12(15)8-11)13(16)9-4-2-1-3-5-9/h1-8,13H,16H2. The van der Waals surface area contributed by atoms with Gasteiger partial charge in [-0.1, -0.05) is 46.3 Å². The van der Waals surface area contributed by atoms with Crippen molar-refractivity contribution in [2.24, 2.45) is 5.73 Å². The summed E-state index contributed by atoms with van der Waals surface area (Å²) in [5, 5.41) is 0. The summed E-state index contributed by atoms with van der Waals surface area (Å²) in [6.07, 6.45) is 0. The fourth-order valence-corrected chi connectivity index (χ4v) is 2.09. The first-order chi connectivity index (χ1) is 7.66. The highest BCUT2D eigenvalue weighted by Crippen LogP contribution is 2.23. The van der Waals surface area contributed by atoms with E-state index in [0.717, 1.165) is 11.1 Å². The van der Waals surface area contributed by atoms with E-state index in [1.165, 1.54) is 12.1 Å². The topological polar surface area (TPSA) is 26.0 Å². The molecule has 2 aromatic carbocycles. The first-order valence-electron chi connectivity index (χ1n) is 4.93. The molecule has 0 heterocycles. The van der Waals surface area contributed by atoms with Crippen molar-refractivity contribution >= 4 is 15.9 Å². The van der Waals surface area contributed by atoms with Crippen LogP contribution in [0.3, 0.4) is 0 Å². The lowest BCUT2D eigenvalue weighted by atomic mass is 10.00. The predicted molar refractivity (Wildman–Crippen MR) is 66.6 cm³/mol. The molecule has 2 N–H and O–H groups in total. The van der Waals surface area contributed by atoms with E-state index >= 15 is 0 Å². The maximum absolute atomic E-state index is 13.2. The highest BCUT2D eigenvalue weighted by molar-refractivity contribution is 9.10. The zero-order valence-electron chi connectivity index (χ0n) is 8.53. The fourth-order valence-electron chi connectivity index (χ4n) is 1.61. The van der Waals surface area contributed by atoms with Crippen LogP contribution in [-0.2, 0) is 0 Å². The maximum Gasteiger partial charge on any atom is 0.124 e. The lowest BCUT2D eigenvalue weighted by Gasteiger charge is -2.12. The van der Waals surface area contributed by atoms with Crippen LogP contribution in [0.5, 0.6) is 0 Å². The minimum absolute atomic E-state index is 0.282. The summed E-state index contributed by atoms with van der Waals surface area (Å²) >= 11 is 3.26. The lowest BCUT2D eigenvalue weighted by Crippen LogP contribution is -2.11. The molecule has 2 rings (SSSR count). The third kappa shape index (κ3) is 2.49. The Kier molecular flexibility index (Phi) is 3.36. The van der Waals surface area contributed by atoms with Crippen LogP contribution in [0.1, 0.15) is 17.2 Å². The molecule has 3 heteroatoms. The molecule has 0 aliphatic heterocycles. The van der Waals surface area contributed by atoms with Crippen LogP contribution < -0.4 is 5.73 Å². The summed E-state index contributed by atoms with van der Waals surface area (Å²) in [6, 6.07) is 14.1. The van der Waals surface area contributed by atoms with E-state index in [4.69, 9.17) is 5.73 Å². The zero-order valence-corrected chi connectivity index (χ0v) is 10.1. The second-order valence-corrected chi connectivity index (χ2v) is 4.51. The van der Waals surface area contributed by atoms with Gasteiger partial charge in [-0.2, -0.15) is 0 Å². The second-order valence-electron chi connectivity index (χ2n) is 3.59. The van der Waals surface area contributed by atoms with E-state index in [0.29, 0.717) is 4.47 Å². The minimum Gasteiger partial charge on any atom is -0.320 e. The molecule has 0 aliphatic rings. The molecule has 1 unspecified atom stereocenters. The quantitative estimate of drug-likeness (QED) is 0.893. The number of halogens is 2. The van der Waals surface area contributed by atoms with E-state index in [-0.39, 0.29) is 11.9 Å². The normalized spacial score (nSPS) is 12.4. The van der Waals surface area contributed by atoms with Crippen LogP contribution in [0.4, 0.5) is 4.39 Å². The molecule has 0 aliphatic carbocycles. The monoisotopic (exact) mass is 279 g/mol. The zero-order chi connectivity index (χ0) is 11.5. The van der Waals surface area contributed by atoms with Crippen LogP contribution in [0, 0.1) is 5.82 Å². The summed E-state index contributed by atoms with van der Waals surface area (Å²) in [7, 11) is 0. The third-order valence-corrected chi connectivity index (χ3v) is 2.86. The van der Waals surface area contributed by atoms with Gasteiger partial charge in [-0.05, 0) is 29.3 Å². The molecule has 0 amide bonds. The van der Waals surface area contributed by atoms with Gasteiger partial charge in [0, 0.05) is 4.47 Å². The smallest absolute Gasteiger partial charge is 0.124 e. The highest BCUT2D eigenvalue weighted by atomic mass is 79.9. The van der Waals surface area contributed by atoms with Crippen molar-refractivity contribution in [3.63, 3.8) is 0 Å². The molecule has 0 saturated heterocycles. The van der Waals surface area contributed by atoms with E-state index < -0.39 is 0 Å². The summed E-state index contributed by atoms with van der Waals surface area (Å²) in [5.74, 6) is -0.282. The van der Waals surface area contributed by atoms with Gasteiger partial charge in [0.05, 0.1) is 6.04 Å². The predicted octanol–water partition coefficient (Wildman–Crippen LogP) is 3.64. The molecule has 0 bridgehead atoms. The molecule has 2 aromatic rings. The van der Waals surface area contributed by atoms with Crippen molar-refractivity contribution in [3.05, 3.63) is 69.9 Å². The maximum atomic E-state index is 13.2. The van der Waals surface area contributed by atoms with Gasteiger partial charge in [-0.15, -0.1) is 0 Å². The Hall–Kier alpha value is -1.19. The highest BCUT2D eigenvalue weighted by Gasteiger charge is 2.10. The van der Waals surface area contributed by atoms with Crippen molar-refractivity contribution in [1.82, 2.24) is 0 Å². The lowest BCUT2D eigenvalue weighted by molar-refractivity contribution is 0.622. The van der Waals surface area contributed by atoms with Crippen LogP contribution in [0.2, 0.25) is 0 Å². The van der Waals surface area contributed by atoms with Crippen molar-refractivity contribution in [2.75, 3.05) is 0 Å². The summed E-state index contributed by atoms with van der Waals surface area (Å²) in [4.78, 5) is 0. The number of hydrogen-bond acceptors (Lipinski definition) is 1. The average Bonchev–Trinajstić information content (AvgIpc) is 2.28. The van der Waals surface area contributed by atoms with Crippen LogP contribution in [-0.4, -0.2) is 0 Å². The molecule has 0 aromatic heterocycles. The van der Waals surface area contributed by atoms with Gasteiger partial charge in [0.15, 0.2) is 0 Å². The van der Waals surface area contributed by atoms with Crippen LogP contribution >= 0.6 is 15.9 Å². The Morgan fingerprint density at radius 2 is 1.69 bits per heavy atom. The molecule has 0 fully saturated rings. The number of hydrogen-bond donors (Lipinski definition) is 1. The Labute approximate surface area is 102 Å². The first kappa shape index (κ1) is 11.3. The molecule has 1 atom stereocenters. The third-order valence-electron chi connectivity index (χ3n) is 2.40. The Morgan fingerprint density at radius 3 is 2.31 bits per heavy atom. The summed E-state index contributed by atoms with van der Waals surface area (Å²) in [6.45, 7) is 0. The number of nitrogens with two attached hydrogens (primary N) is 1. The summed E-state index contributed by atoms with van der Waals surface area (Å²) < 4.78 is 13.9. The van der Waals surface area contributed by atoms with Crippen molar-refractivity contribution in [2.45, 2.75) is 6.04 Å². The van der Waals surface area contributed by atoms with Gasteiger partial charge in [0.2, 0.25) is 0 Å². The van der Waals surface area contributed by atoms with Crippen LogP contribution in [0.15, 0.2) is 53.0 Å². The Balaban J connectivity index is 2.37. The summed E-state index contributed by atoms with van der Waals surface area (Å²) in [5.41, 5.74) is 7.80. The molecule has 1 nitrogen and oxygen atoms in total. The van der Waals surface area contributed by atoms with Gasteiger partial charge >= 0.3 is 0 Å². The van der Waals surface area contributed by atoms with Crippen molar-refractivity contribution in [3.8, 4) is 0 Å². The molecule has 16 heavy (non-hydrogen) atoms. The van der Waals surface area contributed by atoms with Crippen molar-refractivity contribution < 1.29 is 4.39 Å². The number of rotatable bonds is 2. The Morgan fingerprint density at radius 1 is 1.00 bits per heavy atom. The van der Waals surface area contributed by atoms with E-state index in [1.807, 2.05) is 36.4 Å². The van der Waals surface area contributed by atoms with Gasteiger partial charge < -0.3 is 5.73 Å². The van der Waals surface area contributed by atoms with Gasteiger partial charge in [0.1, 0.15) is 5.82 Å². The largest absolute Gasteiger partial charge is 0.320 e. The first-order valence-corrected chi connectivity index (χ1v) is 5.72. The van der Waals surface area contributed by atoms with Crippen LogP contribution in [0.25, 0.3) is 0 Å². The van der Waals surface area contributed by atoms with E-state index in [1.54, 1.807) is 0 Å². The molecular formula is C13H11BrFN. The Bertz CT molecular complexity index is 464. The molecular weight excluding hydrogens is 269 g/mol. The molecule has 0 spiro atoms. The SMILES string of the molecule is NC(c1ccccc1)c1cc(F)cc(Br)c1. The van der Waals surface area contributed by atoms with Gasteiger partial charge in [-0.25, -0.2) is 4.39 Å². The number of benzene rings is 2. The van der Waals surface area contributed by atoms with Gasteiger partial charge in [-0.3, -0.25) is 0 Å². The van der Waals surface area contributed by atoms with Crippen molar-refractivity contribution in [1.29, 1.82) is 0 Å². The van der Waals surface area contributed by atoms with E-state index in [9.17, 15) is 4.39 Å². The average molecular weight is 280 g/mol. The second kappa shape index (κ2) is 4.76. The molecule has 82 valence electrons. The minimum atomic E-state index is -0.298. The fraction of sp³-hybridized carbons (Fsp3) is 0.0769.